The molecule has 2 amide bonds. The summed E-state index contributed by atoms with van der Waals surface area (Å²) in [7, 11) is 0. The predicted molar refractivity (Wildman–Crippen MR) is 77.4 cm³/mol. The van der Waals surface area contributed by atoms with E-state index in [2.05, 4.69) is 5.32 Å². The number of carbonyl (C=O) groups excluding carboxylic acids is 2. The Kier molecular flexibility index (Phi) is 7.54. The van der Waals surface area contributed by atoms with Gasteiger partial charge >= 0.3 is 0 Å². The molecular formula is C14H27N3O3. The topological polar surface area (TPSA) is 61.9 Å². The van der Waals surface area contributed by atoms with Crippen LogP contribution >= 0.6 is 0 Å². The molecule has 0 aliphatic carbocycles. The van der Waals surface area contributed by atoms with E-state index in [1.165, 1.54) is 0 Å². The van der Waals surface area contributed by atoms with Crippen LogP contribution in [0.25, 0.3) is 0 Å². The van der Waals surface area contributed by atoms with Crippen molar-refractivity contribution in [2.45, 2.75) is 33.2 Å². The fraction of sp³-hybridized carbons (Fsp3) is 0.857. The number of carbonyl (C=O) groups is 2. The maximum absolute atomic E-state index is 12.1. The smallest absolute Gasteiger partial charge is 0.239 e. The van der Waals surface area contributed by atoms with Gasteiger partial charge in [0.15, 0.2) is 0 Å². The summed E-state index contributed by atoms with van der Waals surface area (Å²) in [6.07, 6.45) is 0.433. The molecule has 1 rings (SSSR count). The van der Waals surface area contributed by atoms with E-state index in [1.807, 2.05) is 25.7 Å². The van der Waals surface area contributed by atoms with E-state index in [1.54, 1.807) is 4.90 Å². The summed E-state index contributed by atoms with van der Waals surface area (Å²) >= 11 is 0. The lowest BCUT2D eigenvalue weighted by Gasteiger charge is -2.29. The maximum atomic E-state index is 12.1. The summed E-state index contributed by atoms with van der Waals surface area (Å²) in [6.45, 7) is 10.3. The van der Waals surface area contributed by atoms with Gasteiger partial charge in [0.05, 0.1) is 19.3 Å². The molecule has 1 aliphatic heterocycles. The number of rotatable bonds is 7. The lowest BCUT2D eigenvalue weighted by atomic mass is 10.2. The highest BCUT2D eigenvalue weighted by molar-refractivity contribution is 5.81. The van der Waals surface area contributed by atoms with Crippen molar-refractivity contribution >= 4 is 11.8 Å². The highest BCUT2D eigenvalue weighted by atomic mass is 16.5. The number of nitrogens with zero attached hydrogens (tertiary/aromatic N) is 2. The van der Waals surface area contributed by atoms with Crippen molar-refractivity contribution in [1.29, 1.82) is 0 Å². The third kappa shape index (κ3) is 5.09. The normalized spacial score (nSPS) is 16.9. The van der Waals surface area contributed by atoms with Gasteiger partial charge in [-0.25, -0.2) is 0 Å². The first-order chi connectivity index (χ1) is 9.60. The Morgan fingerprint density at radius 3 is 2.40 bits per heavy atom. The lowest BCUT2D eigenvalue weighted by molar-refractivity contribution is -0.137. The van der Waals surface area contributed by atoms with E-state index in [-0.39, 0.29) is 17.9 Å². The second-order valence-electron chi connectivity index (χ2n) is 4.93. The van der Waals surface area contributed by atoms with Gasteiger partial charge in [-0.05, 0) is 20.8 Å². The molecule has 1 atom stereocenters. The zero-order valence-corrected chi connectivity index (χ0v) is 12.9. The van der Waals surface area contributed by atoms with E-state index < -0.39 is 0 Å². The van der Waals surface area contributed by atoms with Crippen molar-refractivity contribution in [3.63, 3.8) is 0 Å². The monoisotopic (exact) mass is 285 g/mol. The molecule has 0 aromatic carbocycles. The van der Waals surface area contributed by atoms with Crippen molar-refractivity contribution in [2.24, 2.45) is 0 Å². The van der Waals surface area contributed by atoms with Crippen LogP contribution < -0.4 is 5.32 Å². The number of hydrogen-bond acceptors (Lipinski definition) is 4. The van der Waals surface area contributed by atoms with Crippen LogP contribution in [0.3, 0.4) is 0 Å². The summed E-state index contributed by atoms with van der Waals surface area (Å²) in [6, 6.07) is -0.252. The fourth-order valence-electron chi connectivity index (χ4n) is 2.27. The number of nitrogens with one attached hydrogen (secondary N) is 1. The second kappa shape index (κ2) is 8.92. The Labute approximate surface area is 121 Å². The molecule has 6 nitrogen and oxygen atoms in total. The Morgan fingerprint density at radius 2 is 1.85 bits per heavy atom. The summed E-state index contributed by atoms with van der Waals surface area (Å²) in [5.41, 5.74) is 0. The van der Waals surface area contributed by atoms with Crippen LogP contribution in [0.2, 0.25) is 0 Å². The molecule has 0 aromatic rings. The molecule has 116 valence electrons. The van der Waals surface area contributed by atoms with Gasteiger partial charge in [-0.2, -0.15) is 0 Å². The Bertz CT molecular complexity index is 313. The molecule has 1 saturated heterocycles. The average molecular weight is 285 g/mol. The Balaban J connectivity index is 2.26. The molecule has 0 spiro atoms. The lowest BCUT2D eigenvalue weighted by Crippen LogP contribution is -2.49. The van der Waals surface area contributed by atoms with E-state index >= 15 is 0 Å². The standard InChI is InChI=1S/C14H27N3O3/c1-4-16(5-2)13(18)6-7-15-12(3)14(19)17-8-10-20-11-9-17/h12,15H,4-11H2,1-3H3. The average Bonchev–Trinajstić information content (AvgIpc) is 2.48. The number of morpholine rings is 1. The Hall–Kier alpha value is -1.14. The van der Waals surface area contributed by atoms with Crippen molar-refractivity contribution in [2.75, 3.05) is 45.9 Å². The van der Waals surface area contributed by atoms with E-state index in [9.17, 15) is 9.59 Å². The summed E-state index contributed by atoms with van der Waals surface area (Å²) < 4.78 is 5.23. The first-order valence-corrected chi connectivity index (χ1v) is 7.47. The molecule has 0 radical (unpaired) electrons. The molecule has 1 N–H and O–H groups in total. The van der Waals surface area contributed by atoms with Crippen LogP contribution in [0, 0.1) is 0 Å². The van der Waals surface area contributed by atoms with Crippen LogP contribution in [0.5, 0.6) is 0 Å². The summed E-state index contributed by atoms with van der Waals surface area (Å²) in [4.78, 5) is 27.6. The SMILES string of the molecule is CCN(CC)C(=O)CCNC(C)C(=O)N1CCOCC1. The van der Waals surface area contributed by atoms with Crippen LogP contribution in [0.1, 0.15) is 27.2 Å². The van der Waals surface area contributed by atoms with Crippen molar-refractivity contribution in [3.8, 4) is 0 Å². The van der Waals surface area contributed by atoms with E-state index in [0.717, 1.165) is 13.1 Å². The van der Waals surface area contributed by atoms with Gasteiger partial charge < -0.3 is 19.9 Å². The summed E-state index contributed by atoms with van der Waals surface area (Å²) in [5, 5.41) is 3.13. The molecule has 1 unspecified atom stereocenters. The minimum absolute atomic E-state index is 0.0867. The van der Waals surface area contributed by atoms with Crippen molar-refractivity contribution in [3.05, 3.63) is 0 Å². The van der Waals surface area contributed by atoms with Gasteiger partial charge in [0.25, 0.3) is 0 Å². The van der Waals surface area contributed by atoms with Crippen molar-refractivity contribution in [1.82, 2.24) is 15.1 Å². The van der Waals surface area contributed by atoms with Gasteiger partial charge in [-0.1, -0.05) is 0 Å². The molecule has 6 heteroatoms. The highest BCUT2D eigenvalue weighted by Crippen LogP contribution is 2.01. The first kappa shape index (κ1) is 16.9. The molecule has 0 aromatic heterocycles. The van der Waals surface area contributed by atoms with Gasteiger partial charge in [0.2, 0.25) is 11.8 Å². The minimum Gasteiger partial charge on any atom is -0.378 e. The molecule has 20 heavy (non-hydrogen) atoms. The van der Waals surface area contributed by atoms with Crippen LogP contribution in [-0.4, -0.2) is 73.6 Å². The highest BCUT2D eigenvalue weighted by Gasteiger charge is 2.22. The zero-order valence-electron chi connectivity index (χ0n) is 12.9. The quantitative estimate of drug-likeness (QED) is 0.720. The molecule has 1 aliphatic rings. The van der Waals surface area contributed by atoms with Gasteiger partial charge in [-0.15, -0.1) is 0 Å². The first-order valence-electron chi connectivity index (χ1n) is 7.47. The summed E-state index contributed by atoms with van der Waals surface area (Å²) in [5.74, 6) is 0.220. The zero-order chi connectivity index (χ0) is 15.0. The molecule has 1 fully saturated rings. The number of amides is 2. The third-order valence-electron chi connectivity index (χ3n) is 3.60. The second-order valence-corrected chi connectivity index (χ2v) is 4.93. The third-order valence-corrected chi connectivity index (χ3v) is 3.60. The molecule has 0 saturated carbocycles. The molecule has 1 heterocycles. The van der Waals surface area contributed by atoms with Crippen LogP contribution in [-0.2, 0) is 14.3 Å². The number of hydrogen-bond donors (Lipinski definition) is 1. The largest absolute Gasteiger partial charge is 0.378 e. The number of ether oxygens (including phenoxy) is 1. The van der Waals surface area contributed by atoms with E-state index in [4.69, 9.17) is 4.74 Å². The Morgan fingerprint density at radius 1 is 1.25 bits per heavy atom. The van der Waals surface area contributed by atoms with Gasteiger partial charge in [-0.3, -0.25) is 9.59 Å². The van der Waals surface area contributed by atoms with E-state index in [0.29, 0.717) is 39.3 Å². The maximum Gasteiger partial charge on any atom is 0.239 e. The van der Waals surface area contributed by atoms with Crippen molar-refractivity contribution < 1.29 is 14.3 Å². The predicted octanol–water partition coefficient (Wildman–Crippen LogP) is 0.0818. The van der Waals surface area contributed by atoms with Crippen LogP contribution in [0.15, 0.2) is 0 Å². The fourth-order valence-corrected chi connectivity index (χ4v) is 2.27. The minimum atomic E-state index is -0.252. The van der Waals surface area contributed by atoms with Gasteiger partial charge in [0.1, 0.15) is 0 Å². The van der Waals surface area contributed by atoms with Gasteiger partial charge in [0, 0.05) is 39.1 Å². The molecular weight excluding hydrogens is 258 g/mol. The van der Waals surface area contributed by atoms with Crippen LogP contribution in [0.4, 0.5) is 0 Å². The molecule has 0 bridgehead atoms.